The lowest BCUT2D eigenvalue weighted by atomic mass is 10.2. The van der Waals surface area contributed by atoms with Crippen LogP contribution >= 0.6 is 0 Å². The summed E-state index contributed by atoms with van der Waals surface area (Å²) in [4.78, 5) is 15.5. The Labute approximate surface area is 111 Å². The summed E-state index contributed by atoms with van der Waals surface area (Å²) in [6.07, 6.45) is 2.19. The fraction of sp³-hybridized carbons (Fsp3) is 0.750. The van der Waals surface area contributed by atoms with E-state index >= 15 is 0 Å². The molecule has 0 saturated carbocycles. The van der Waals surface area contributed by atoms with Crippen molar-refractivity contribution in [2.24, 2.45) is 0 Å². The number of nitrogens with one attached hydrogen (secondary N) is 1. The second kappa shape index (κ2) is 6.51. The number of hydrogen-bond donors (Lipinski definition) is 1. The zero-order valence-electron chi connectivity index (χ0n) is 11.2. The number of carbonyl (C=O) groups excluding carboxylic acids is 1. The average molecular weight is 269 g/mol. The number of aromatic nitrogens is 2. The molecule has 7 nitrogen and oxygen atoms in total. The van der Waals surface area contributed by atoms with Gasteiger partial charge >= 0.3 is 6.08 Å². The molecule has 1 aromatic rings. The van der Waals surface area contributed by atoms with Crippen molar-refractivity contribution in [3.05, 3.63) is 5.82 Å². The van der Waals surface area contributed by atoms with E-state index in [4.69, 9.17) is 14.0 Å². The first-order valence-corrected chi connectivity index (χ1v) is 6.50. The summed E-state index contributed by atoms with van der Waals surface area (Å²) in [6, 6.07) is 0. The highest BCUT2D eigenvalue weighted by Gasteiger charge is 2.17. The van der Waals surface area contributed by atoms with E-state index in [1.54, 1.807) is 0 Å². The highest BCUT2D eigenvalue weighted by molar-refractivity contribution is 5.77. The molecule has 1 atom stereocenters. The minimum Gasteiger partial charge on any atom is -0.439 e. The highest BCUT2D eigenvalue weighted by atomic mass is 16.6. The predicted molar refractivity (Wildman–Crippen MR) is 65.9 cm³/mol. The number of hydrogen-bond acceptors (Lipinski definition) is 6. The largest absolute Gasteiger partial charge is 0.439 e. The quantitative estimate of drug-likeness (QED) is 0.824. The van der Waals surface area contributed by atoms with Crippen LogP contribution in [0, 0.1) is 0 Å². The molecule has 0 aliphatic carbocycles. The normalized spacial score (nSPS) is 18.8. The molecular formula is C12H19N3O4. The Hall–Kier alpha value is -1.63. The molecular weight excluding hydrogens is 250 g/mol. The van der Waals surface area contributed by atoms with E-state index in [0.29, 0.717) is 12.4 Å². The first-order valence-electron chi connectivity index (χ1n) is 6.50. The van der Waals surface area contributed by atoms with E-state index in [1.165, 1.54) is 0 Å². The minimum absolute atomic E-state index is 0.0240. The summed E-state index contributed by atoms with van der Waals surface area (Å²) in [5.74, 6) is 0.504. The molecule has 19 heavy (non-hydrogen) atoms. The Bertz CT molecular complexity index is 413. The maximum atomic E-state index is 11.5. The first kappa shape index (κ1) is 13.8. The summed E-state index contributed by atoms with van der Waals surface area (Å²) in [6.45, 7) is 5.05. The van der Waals surface area contributed by atoms with Crippen molar-refractivity contribution in [3.63, 3.8) is 0 Å². The lowest BCUT2D eigenvalue weighted by molar-refractivity contribution is -0.124. The van der Waals surface area contributed by atoms with Gasteiger partial charge < -0.3 is 14.8 Å². The Morgan fingerprint density at radius 3 is 3.05 bits per heavy atom. The van der Waals surface area contributed by atoms with Gasteiger partial charge in [0.15, 0.2) is 12.4 Å². The van der Waals surface area contributed by atoms with Gasteiger partial charge in [0.25, 0.3) is 5.91 Å². The summed E-state index contributed by atoms with van der Waals surface area (Å²) >= 11 is 0. The van der Waals surface area contributed by atoms with Crippen molar-refractivity contribution in [2.75, 3.05) is 19.8 Å². The number of ether oxygens (including phenoxy) is 2. The molecule has 0 unspecified atom stereocenters. The molecule has 1 N–H and O–H groups in total. The van der Waals surface area contributed by atoms with Gasteiger partial charge in [-0.2, -0.15) is 4.98 Å². The molecule has 1 aliphatic heterocycles. The Balaban J connectivity index is 1.67. The number of amides is 1. The molecule has 2 rings (SSSR count). The fourth-order valence-corrected chi connectivity index (χ4v) is 1.72. The lowest BCUT2D eigenvalue weighted by Gasteiger charge is -2.10. The molecule has 0 bridgehead atoms. The van der Waals surface area contributed by atoms with Crippen LogP contribution in [0.3, 0.4) is 0 Å². The van der Waals surface area contributed by atoms with E-state index < -0.39 is 0 Å². The zero-order chi connectivity index (χ0) is 13.7. The molecule has 1 aromatic heterocycles. The highest BCUT2D eigenvalue weighted by Crippen LogP contribution is 2.14. The third kappa shape index (κ3) is 4.20. The van der Waals surface area contributed by atoms with Gasteiger partial charge in [-0.1, -0.05) is 19.0 Å². The molecule has 1 amide bonds. The van der Waals surface area contributed by atoms with Crippen LogP contribution < -0.4 is 10.1 Å². The van der Waals surface area contributed by atoms with E-state index in [2.05, 4.69) is 15.5 Å². The van der Waals surface area contributed by atoms with Crippen LogP contribution in [0.4, 0.5) is 0 Å². The van der Waals surface area contributed by atoms with Crippen LogP contribution in [0.5, 0.6) is 6.08 Å². The number of rotatable bonds is 6. The van der Waals surface area contributed by atoms with Gasteiger partial charge in [0.2, 0.25) is 0 Å². The van der Waals surface area contributed by atoms with Gasteiger partial charge in [0.05, 0.1) is 6.10 Å². The van der Waals surface area contributed by atoms with Crippen molar-refractivity contribution in [2.45, 2.75) is 38.7 Å². The summed E-state index contributed by atoms with van der Waals surface area (Å²) in [7, 11) is 0. The molecule has 1 aliphatic rings. The Kier molecular flexibility index (Phi) is 4.73. The van der Waals surface area contributed by atoms with Crippen LogP contribution in [0.2, 0.25) is 0 Å². The van der Waals surface area contributed by atoms with Crippen LogP contribution in [-0.2, 0) is 9.53 Å². The average Bonchev–Trinajstić information content (AvgIpc) is 3.05. The van der Waals surface area contributed by atoms with Gasteiger partial charge in [-0.05, 0) is 12.8 Å². The summed E-state index contributed by atoms with van der Waals surface area (Å²) in [5, 5.41) is 6.49. The SMILES string of the molecule is CC(C)c1noc(OCC(=O)NC[C@H]2CCCO2)n1. The molecule has 106 valence electrons. The van der Waals surface area contributed by atoms with Crippen LogP contribution in [-0.4, -0.2) is 41.9 Å². The lowest BCUT2D eigenvalue weighted by Crippen LogP contribution is -2.35. The minimum atomic E-state index is -0.222. The number of nitrogens with zero attached hydrogens (tertiary/aromatic N) is 2. The third-order valence-electron chi connectivity index (χ3n) is 2.82. The molecule has 7 heteroatoms. The molecule has 2 heterocycles. The maximum absolute atomic E-state index is 11.5. The third-order valence-corrected chi connectivity index (χ3v) is 2.82. The van der Waals surface area contributed by atoms with Crippen molar-refractivity contribution in [3.8, 4) is 6.08 Å². The maximum Gasteiger partial charge on any atom is 0.417 e. The van der Waals surface area contributed by atoms with E-state index in [-0.39, 0.29) is 30.6 Å². The second-order valence-electron chi connectivity index (χ2n) is 4.80. The van der Waals surface area contributed by atoms with E-state index in [9.17, 15) is 4.79 Å². The van der Waals surface area contributed by atoms with Gasteiger partial charge in [0, 0.05) is 19.1 Å². The summed E-state index contributed by atoms with van der Waals surface area (Å²) < 4.78 is 15.4. The van der Waals surface area contributed by atoms with Crippen molar-refractivity contribution >= 4 is 5.91 Å². The molecule has 0 aromatic carbocycles. The van der Waals surface area contributed by atoms with Crippen LogP contribution in [0.25, 0.3) is 0 Å². The first-order chi connectivity index (χ1) is 9.15. The second-order valence-corrected chi connectivity index (χ2v) is 4.80. The zero-order valence-corrected chi connectivity index (χ0v) is 11.2. The molecule has 1 saturated heterocycles. The smallest absolute Gasteiger partial charge is 0.417 e. The Morgan fingerprint density at radius 1 is 1.58 bits per heavy atom. The van der Waals surface area contributed by atoms with Gasteiger partial charge in [-0.3, -0.25) is 9.32 Å². The monoisotopic (exact) mass is 269 g/mol. The van der Waals surface area contributed by atoms with Crippen molar-refractivity contribution < 1.29 is 18.8 Å². The topological polar surface area (TPSA) is 86.5 Å². The predicted octanol–water partition coefficient (Wildman–Crippen LogP) is 0.867. The molecule has 0 radical (unpaired) electrons. The fourth-order valence-electron chi connectivity index (χ4n) is 1.72. The van der Waals surface area contributed by atoms with Crippen molar-refractivity contribution in [1.82, 2.24) is 15.5 Å². The van der Waals surface area contributed by atoms with Crippen LogP contribution in [0.15, 0.2) is 4.52 Å². The Morgan fingerprint density at radius 2 is 2.42 bits per heavy atom. The molecule has 1 fully saturated rings. The standard InChI is InChI=1S/C12H19N3O4/c1-8(2)11-14-12(19-15-11)18-7-10(16)13-6-9-4-3-5-17-9/h8-9H,3-7H2,1-2H3,(H,13,16)/t9-/m1/s1. The van der Waals surface area contributed by atoms with Gasteiger partial charge in [-0.25, -0.2) is 0 Å². The molecule has 0 spiro atoms. The van der Waals surface area contributed by atoms with Gasteiger partial charge in [-0.15, -0.1) is 0 Å². The van der Waals surface area contributed by atoms with Gasteiger partial charge in [0.1, 0.15) is 0 Å². The number of carbonyl (C=O) groups is 1. The van der Waals surface area contributed by atoms with Crippen LogP contribution in [0.1, 0.15) is 38.4 Å². The van der Waals surface area contributed by atoms with E-state index in [1.807, 2.05) is 13.8 Å². The van der Waals surface area contributed by atoms with E-state index in [0.717, 1.165) is 19.4 Å². The van der Waals surface area contributed by atoms with Crippen molar-refractivity contribution in [1.29, 1.82) is 0 Å². The summed E-state index contributed by atoms with van der Waals surface area (Å²) in [5.41, 5.74) is 0.